The van der Waals surface area contributed by atoms with Gasteiger partial charge in [-0.1, -0.05) is 26.0 Å². The molecule has 0 amide bonds. The van der Waals surface area contributed by atoms with Gasteiger partial charge in [-0.25, -0.2) is 8.42 Å². The number of nitrogens with zero attached hydrogens (tertiary/aromatic N) is 2. The molecule has 1 heterocycles. The molecule has 28 heavy (non-hydrogen) atoms. The summed E-state index contributed by atoms with van der Waals surface area (Å²) >= 11 is 0. The Labute approximate surface area is 186 Å². The number of benzene rings is 1. The van der Waals surface area contributed by atoms with E-state index in [0.29, 0.717) is 25.5 Å². The second-order valence-corrected chi connectivity index (χ2v) is 8.92. The first-order valence-corrected chi connectivity index (χ1v) is 11.4. The first-order chi connectivity index (χ1) is 13.0. The van der Waals surface area contributed by atoms with Crippen LogP contribution in [0, 0.1) is 0 Å². The lowest BCUT2D eigenvalue weighted by molar-refractivity contribution is 0.223. The molecular formula is C19H33IN4O3S. The van der Waals surface area contributed by atoms with Gasteiger partial charge >= 0.3 is 0 Å². The summed E-state index contributed by atoms with van der Waals surface area (Å²) in [5.74, 6) is 1.91. The van der Waals surface area contributed by atoms with E-state index in [4.69, 9.17) is 4.74 Å². The molecule has 0 radical (unpaired) electrons. The molecule has 1 aliphatic heterocycles. The quantitative estimate of drug-likeness (QED) is 0.292. The largest absolute Gasteiger partial charge is 0.492 e. The van der Waals surface area contributed by atoms with Gasteiger partial charge in [0.1, 0.15) is 12.4 Å². The number of sulfone groups is 1. The van der Waals surface area contributed by atoms with Crippen LogP contribution in [0.4, 0.5) is 0 Å². The molecule has 2 N–H and O–H groups in total. The van der Waals surface area contributed by atoms with Gasteiger partial charge in [0, 0.05) is 26.2 Å². The molecule has 0 aliphatic carbocycles. The van der Waals surface area contributed by atoms with Gasteiger partial charge < -0.3 is 20.3 Å². The van der Waals surface area contributed by atoms with Crippen molar-refractivity contribution in [1.82, 2.24) is 15.5 Å². The van der Waals surface area contributed by atoms with Crippen LogP contribution in [0.1, 0.15) is 25.8 Å². The summed E-state index contributed by atoms with van der Waals surface area (Å²) in [7, 11) is -1.21. The van der Waals surface area contributed by atoms with Gasteiger partial charge in [0.25, 0.3) is 0 Å². The van der Waals surface area contributed by atoms with Crippen LogP contribution in [0.5, 0.6) is 5.75 Å². The van der Waals surface area contributed by atoms with E-state index in [-0.39, 0.29) is 41.5 Å². The van der Waals surface area contributed by atoms with Crippen molar-refractivity contribution >= 4 is 39.8 Å². The topological polar surface area (TPSA) is 83.0 Å². The highest BCUT2D eigenvalue weighted by atomic mass is 127. The first kappa shape index (κ1) is 25.0. The fourth-order valence-corrected chi connectivity index (χ4v) is 4.69. The maximum atomic E-state index is 11.6. The lowest BCUT2D eigenvalue weighted by Gasteiger charge is -2.18. The molecular weight excluding hydrogens is 491 g/mol. The minimum atomic E-state index is -2.90. The van der Waals surface area contributed by atoms with Crippen molar-refractivity contribution in [3.8, 4) is 5.75 Å². The summed E-state index contributed by atoms with van der Waals surface area (Å²) in [5.41, 5.74) is 1.10. The van der Waals surface area contributed by atoms with Crippen molar-refractivity contribution in [2.45, 2.75) is 32.9 Å². The second kappa shape index (κ2) is 12.5. The Kier molecular flexibility index (Phi) is 11.1. The molecule has 0 spiro atoms. The zero-order valence-electron chi connectivity index (χ0n) is 17.0. The lowest BCUT2D eigenvalue weighted by Crippen LogP contribution is -2.43. The van der Waals surface area contributed by atoms with E-state index in [0.717, 1.165) is 30.9 Å². The van der Waals surface area contributed by atoms with Crippen LogP contribution in [0.15, 0.2) is 29.3 Å². The number of rotatable bonds is 9. The molecule has 7 nitrogen and oxygen atoms in total. The number of likely N-dealkylation sites (N-methyl/N-ethyl adjacent to an activating group) is 1. The Balaban J connectivity index is 0.00000392. The van der Waals surface area contributed by atoms with E-state index >= 15 is 0 Å². The van der Waals surface area contributed by atoms with Gasteiger partial charge in [0.15, 0.2) is 15.8 Å². The summed E-state index contributed by atoms with van der Waals surface area (Å²) in [5, 5.41) is 6.41. The Hall–Kier alpha value is -1.07. The van der Waals surface area contributed by atoms with Crippen LogP contribution in [0.3, 0.4) is 0 Å². The highest BCUT2D eigenvalue weighted by Gasteiger charge is 2.28. The zero-order chi connectivity index (χ0) is 19.7. The first-order valence-electron chi connectivity index (χ1n) is 9.57. The maximum absolute atomic E-state index is 11.6. The highest BCUT2D eigenvalue weighted by molar-refractivity contribution is 14.0. The minimum Gasteiger partial charge on any atom is -0.492 e. The van der Waals surface area contributed by atoms with E-state index in [1.807, 2.05) is 24.3 Å². The summed E-state index contributed by atoms with van der Waals surface area (Å²) in [6.07, 6.45) is 0.628. The van der Waals surface area contributed by atoms with Crippen molar-refractivity contribution < 1.29 is 13.2 Å². The molecule has 1 atom stereocenters. The average molecular weight is 524 g/mol. The van der Waals surface area contributed by atoms with E-state index in [9.17, 15) is 8.42 Å². The van der Waals surface area contributed by atoms with Crippen molar-refractivity contribution in [3.05, 3.63) is 29.8 Å². The number of guanidine groups is 1. The lowest BCUT2D eigenvalue weighted by atomic mass is 10.2. The van der Waals surface area contributed by atoms with Gasteiger partial charge in [-0.2, -0.15) is 0 Å². The number of nitrogens with one attached hydrogen (secondary N) is 2. The average Bonchev–Trinajstić information content (AvgIpc) is 3.01. The molecule has 1 aromatic rings. The Morgan fingerprint density at radius 1 is 1.25 bits per heavy atom. The van der Waals surface area contributed by atoms with Crippen LogP contribution >= 0.6 is 24.0 Å². The Morgan fingerprint density at radius 3 is 2.46 bits per heavy atom. The second-order valence-electron chi connectivity index (χ2n) is 6.69. The summed E-state index contributed by atoms with van der Waals surface area (Å²) in [4.78, 5) is 6.50. The fourth-order valence-electron chi connectivity index (χ4n) is 3.02. The van der Waals surface area contributed by atoms with Crippen molar-refractivity contribution in [3.63, 3.8) is 0 Å². The van der Waals surface area contributed by atoms with Crippen molar-refractivity contribution in [1.29, 1.82) is 0 Å². The predicted molar refractivity (Wildman–Crippen MR) is 126 cm³/mol. The monoisotopic (exact) mass is 524 g/mol. The standard InChI is InChI=1S/C19H32N4O3S.HI/c1-4-23(5-2)11-12-26-18-8-6-16(7-9-18)14-21-19(20-3)22-17-10-13-27(24,25)15-17;/h6-9,17H,4-5,10-15H2,1-3H3,(H2,20,21,22);1H. The molecule has 1 saturated heterocycles. The van der Waals surface area contributed by atoms with Crippen LogP contribution in [0.2, 0.25) is 0 Å². The Morgan fingerprint density at radius 2 is 1.93 bits per heavy atom. The SMILES string of the molecule is CCN(CC)CCOc1ccc(CNC(=NC)NC2CCS(=O)(=O)C2)cc1.I. The molecule has 1 fully saturated rings. The van der Waals surface area contributed by atoms with Gasteiger partial charge in [0.2, 0.25) is 0 Å². The van der Waals surface area contributed by atoms with Crippen LogP contribution in [0.25, 0.3) is 0 Å². The molecule has 0 saturated carbocycles. The molecule has 1 aliphatic rings. The third-order valence-electron chi connectivity index (χ3n) is 4.75. The molecule has 1 aromatic carbocycles. The number of halogens is 1. The predicted octanol–water partition coefficient (Wildman–Crippen LogP) is 1.88. The van der Waals surface area contributed by atoms with Gasteiger partial charge in [0.05, 0.1) is 11.5 Å². The summed E-state index contributed by atoms with van der Waals surface area (Å²) in [6, 6.07) is 7.92. The normalized spacial score (nSPS) is 18.6. The van der Waals surface area contributed by atoms with Crippen LogP contribution in [-0.4, -0.2) is 70.1 Å². The third-order valence-corrected chi connectivity index (χ3v) is 6.52. The molecule has 9 heteroatoms. The number of hydrogen-bond acceptors (Lipinski definition) is 5. The summed E-state index contributed by atoms with van der Waals surface area (Å²) in [6.45, 7) is 8.59. The van der Waals surface area contributed by atoms with Gasteiger partial charge in [-0.05, 0) is 37.2 Å². The molecule has 2 rings (SSSR count). The van der Waals surface area contributed by atoms with Crippen molar-refractivity contribution in [2.24, 2.45) is 4.99 Å². The smallest absolute Gasteiger partial charge is 0.191 e. The Bertz CT molecular complexity index is 706. The zero-order valence-corrected chi connectivity index (χ0v) is 20.1. The van der Waals surface area contributed by atoms with E-state index in [1.54, 1.807) is 7.05 Å². The van der Waals surface area contributed by atoms with Crippen LogP contribution in [-0.2, 0) is 16.4 Å². The maximum Gasteiger partial charge on any atom is 0.191 e. The van der Waals surface area contributed by atoms with Gasteiger partial charge in [-0.15, -0.1) is 24.0 Å². The third kappa shape index (κ3) is 8.52. The van der Waals surface area contributed by atoms with Crippen LogP contribution < -0.4 is 15.4 Å². The molecule has 0 aromatic heterocycles. The number of hydrogen-bond donors (Lipinski definition) is 2. The fraction of sp³-hybridized carbons (Fsp3) is 0.632. The van der Waals surface area contributed by atoms with E-state index in [1.165, 1.54) is 0 Å². The molecule has 0 bridgehead atoms. The highest BCUT2D eigenvalue weighted by Crippen LogP contribution is 2.13. The summed E-state index contributed by atoms with van der Waals surface area (Å²) < 4.78 is 28.9. The number of aliphatic imine (C=N–C) groups is 1. The number of ether oxygens (including phenoxy) is 1. The van der Waals surface area contributed by atoms with Gasteiger partial charge in [-0.3, -0.25) is 4.99 Å². The molecule has 1 unspecified atom stereocenters. The molecule has 160 valence electrons. The minimum absolute atomic E-state index is 0. The van der Waals surface area contributed by atoms with E-state index in [2.05, 4.69) is 34.4 Å². The van der Waals surface area contributed by atoms with Crippen molar-refractivity contribution in [2.75, 3.05) is 44.8 Å². The van der Waals surface area contributed by atoms with E-state index < -0.39 is 9.84 Å².